The van der Waals surface area contributed by atoms with Crippen LogP contribution >= 0.6 is 11.6 Å². The number of benzene rings is 3. The number of amides is 2. The molecule has 0 atom stereocenters. The van der Waals surface area contributed by atoms with Crippen LogP contribution in [-0.4, -0.2) is 18.4 Å². The lowest BCUT2D eigenvalue weighted by atomic mass is 10.1. The van der Waals surface area contributed by atoms with Crippen molar-refractivity contribution >= 4 is 29.1 Å². The van der Waals surface area contributed by atoms with Crippen molar-refractivity contribution < 1.29 is 9.59 Å². The van der Waals surface area contributed by atoms with Gasteiger partial charge in [-0.25, -0.2) is 0 Å². The molecule has 0 bridgehead atoms. The normalized spacial score (nSPS) is 10.3. The summed E-state index contributed by atoms with van der Waals surface area (Å²) in [4.78, 5) is 24.5. The van der Waals surface area contributed by atoms with Crippen LogP contribution < -0.4 is 10.6 Å². The van der Waals surface area contributed by atoms with Crippen LogP contribution in [0.25, 0.3) is 0 Å². The first-order chi connectivity index (χ1) is 13.1. The molecule has 0 saturated carbocycles. The Labute approximate surface area is 163 Å². The van der Waals surface area contributed by atoms with Gasteiger partial charge < -0.3 is 10.6 Å². The Bertz CT molecular complexity index is 925. The largest absolute Gasteiger partial charge is 0.352 e. The van der Waals surface area contributed by atoms with Crippen molar-refractivity contribution in [3.63, 3.8) is 0 Å². The quantitative estimate of drug-likeness (QED) is 0.660. The smallest absolute Gasteiger partial charge is 0.255 e. The van der Waals surface area contributed by atoms with E-state index in [4.69, 9.17) is 11.6 Å². The van der Waals surface area contributed by atoms with Crippen LogP contribution in [0.3, 0.4) is 0 Å². The number of hydrogen-bond donors (Lipinski definition) is 2. The van der Waals surface area contributed by atoms with Gasteiger partial charge in [-0.15, -0.1) is 0 Å². The highest BCUT2D eigenvalue weighted by atomic mass is 35.5. The maximum atomic E-state index is 12.2. The molecule has 0 unspecified atom stereocenters. The van der Waals surface area contributed by atoms with Gasteiger partial charge in [-0.2, -0.15) is 0 Å². The maximum Gasteiger partial charge on any atom is 0.255 e. The van der Waals surface area contributed by atoms with Crippen molar-refractivity contribution in [2.24, 2.45) is 0 Å². The fraction of sp³-hybridized carbons (Fsp3) is 0.0909. The number of nitrogens with one attached hydrogen (secondary N) is 2. The summed E-state index contributed by atoms with van der Waals surface area (Å²) in [5, 5.41) is 6.37. The van der Waals surface area contributed by atoms with Crippen LogP contribution in [0.1, 0.15) is 26.3 Å². The van der Waals surface area contributed by atoms with Crippen molar-refractivity contribution in [2.75, 3.05) is 11.9 Å². The third-order valence-electron chi connectivity index (χ3n) is 4.03. The van der Waals surface area contributed by atoms with Crippen LogP contribution in [0.4, 0.5) is 5.69 Å². The van der Waals surface area contributed by atoms with Crippen LogP contribution in [0.5, 0.6) is 0 Å². The van der Waals surface area contributed by atoms with Gasteiger partial charge in [-0.1, -0.05) is 41.9 Å². The van der Waals surface area contributed by atoms with Crippen molar-refractivity contribution in [1.29, 1.82) is 0 Å². The number of halogens is 1. The van der Waals surface area contributed by atoms with E-state index < -0.39 is 0 Å². The van der Waals surface area contributed by atoms with E-state index in [-0.39, 0.29) is 11.8 Å². The van der Waals surface area contributed by atoms with E-state index in [9.17, 15) is 9.59 Å². The molecule has 5 heteroatoms. The highest BCUT2D eigenvalue weighted by molar-refractivity contribution is 6.30. The maximum absolute atomic E-state index is 12.2. The first-order valence-corrected chi connectivity index (χ1v) is 8.99. The molecule has 0 spiro atoms. The van der Waals surface area contributed by atoms with E-state index in [1.165, 1.54) is 0 Å². The molecule has 3 aromatic rings. The van der Waals surface area contributed by atoms with E-state index >= 15 is 0 Å². The van der Waals surface area contributed by atoms with Gasteiger partial charge in [0.25, 0.3) is 11.8 Å². The van der Waals surface area contributed by atoms with Gasteiger partial charge in [0, 0.05) is 28.4 Å². The minimum Gasteiger partial charge on any atom is -0.352 e. The molecular formula is C22H19ClN2O2. The Hall–Kier alpha value is -3.11. The number of carbonyl (C=O) groups excluding carboxylic acids is 2. The molecule has 2 amide bonds. The summed E-state index contributed by atoms with van der Waals surface area (Å²) >= 11 is 5.95. The van der Waals surface area contributed by atoms with Crippen LogP contribution in [0.2, 0.25) is 5.02 Å². The summed E-state index contributed by atoms with van der Waals surface area (Å²) in [6, 6.07) is 23.4. The monoisotopic (exact) mass is 378 g/mol. The zero-order valence-electron chi connectivity index (χ0n) is 14.6. The Morgan fingerprint density at radius 2 is 1.44 bits per heavy atom. The minimum atomic E-state index is -0.214. The molecule has 0 fully saturated rings. The fourth-order valence-electron chi connectivity index (χ4n) is 2.61. The summed E-state index contributed by atoms with van der Waals surface area (Å²) in [6.45, 7) is 0.509. The predicted molar refractivity (Wildman–Crippen MR) is 108 cm³/mol. The van der Waals surface area contributed by atoms with Gasteiger partial charge in [0.2, 0.25) is 0 Å². The van der Waals surface area contributed by atoms with Crippen LogP contribution in [-0.2, 0) is 6.42 Å². The lowest BCUT2D eigenvalue weighted by Gasteiger charge is -2.08. The van der Waals surface area contributed by atoms with Crippen molar-refractivity contribution in [3.05, 3.63) is 101 Å². The number of para-hydroxylation sites is 1. The van der Waals surface area contributed by atoms with Gasteiger partial charge in [0.15, 0.2) is 0 Å². The summed E-state index contributed by atoms with van der Waals surface area (Å²) in [5.41, 5.74) is 2.80. The van der Waals surface area contributed by atoms with E-state index in [2.05, 4.69) is 10.6 Å². The molecule has 27 heavy (non-hydrogen) atoms. The molecule has 2 N–H and O–H groups in total. The first kappa shape index (κ1) is 18.7. The zero-order chi connectivity index (χ0) is 19.1. The Morgan fingerprint density at radius 3 is 2.11 bits per heavy atom. The van der Waals surface area contributed by atoms with E-state index in [1.54, 1.807) is 24.3 Å². The Balaban J connectivity index is 1.53. The SMILES string of the molecule is O=C(NCCc1cccc(Cl)c1)c1ccc(C(=O)Nc2ccccc2)cc1. The number of carbonyl (C=O) groups is 2. The fourth-order valence-corrected chi connectivity index (χ4v) is 2.83. The molecule has 136 valence electrons. The highest BCUT2D eigenvalue weighted by Crippen LogP contribution is 2.12. The Kier molecular flexibility index (Phi) is 6.23. The topological polar surface area (TPSA) is 58.2 Å². The van der Waals surface area contributed by atoms with Gasteiger partial charge in [-0.3, -0.25) is 9.59 Å². The molecule has 0 radical (unpaired) electrons. The summed E-state index contributed by atoms with van der Waals surface area (Å²) < 4.78 is 0. The van der Waals surface area contributed by atoms with E-state index in [0.717, 1.165) is 11.3 Å². The average Bonchev–Trinajstić information content (AvgIpc) is 2.69. The lowest BCUT2D eigenvalue weighted by molar-refractivity contribution is 0.0952. The van der Waals surface area contributed by atoms with Crippen molar-refractivity contribution in [2.45, 2.75) is 6.42 Å². The van der Waals surface area contributed by atoms with E-state index in [0.29, 0.717) is 29.1 Å². The van der Waals surface area contributed by atoms with Gasteiger partial charge >= 0.3 is 0 Å². The minimum absolute atomic E-state index is 0.174. The highest BCUT2D eigenvalue weighted by Gasteiger charge is 2.09. The molecule has 0 aliphatic heterocycles. The summed E-state index contributed by atoms with van der Waals surface area (Å²) in [5.74, 6) is -0.388. The van der Waals surface area contributed by atoms with Crippen molar-refractivity contribution in [3.8, 4) is 0 Å². The van der Waals surface area contributed by atoms with E-state index in [1.807, 2.05) is 54.6 Å². The molecule has 3 aromatic carbocycles. The standard InChI is InChI=1S/C22H19ClN2O2/c23-19-6-4-5-16(15-19)13-14-24-21(26)17-9-11-18(12-10-17)22(27)25-20-7-2-1-3-8-20/h1-12,15H,13-14H2,(H,24,26)(H,25,27). The molecule has 3 rings (SSSR count). The molecule has 0 aromatic heterocycles. The van der Waals surface area contributed by atoms with Gasteiger partial charge in [0.1, 0.15) is 0 Å². The van der Waals surface area contributed by atoms with Gasteiger partial charge in [0.05, 0.1) is 0 Å². The lowest BCUT2D eigenvalue weighted by Crippen LogP contribution is -2.25. The molecule has 0 heterocycles. The number of anilines is 1. The van der Waals surface area contributed by atoms with Gasteiger partial charge in [-0.05, 0) is 60.5 Å². The average molecular weight is 379 g/mol. The first-order valence-electron chi connectivity index (χ1n) is 8.61. The predicted octanol–water partition coefficient (Wildman–Crippen LogP) is 4.56. The van der Waals surface area contributed by atoms with Crippen LogP contribution in [0.15, 0.2) is 78.9 Å². The third-order valence-corrected chi connectivity index (χ3v) is 4.26. The molecule has 0 aliphatic carbocycles. The Morgan fingerprint density at radius 1 is 0.778 bits per heavy atom. The molecule has 0 saturated heterocycles. The summed E-state index contributed by atoms with van der Waals surface area (Å²) in [7, 11) is 0. The second-order valence-electron chi connectivity index (χ2n) is 6.03. The number of hydrogen-bond acceptors (Lipinski definition) is 2. The molecule has 4 nitrogen and oxygen atoms in total. The summed E-state index contributed by atoms with van der Waals surface area (Å²) in [6.07, 6.45) is 0.698. The zero-order valence-corrected chi connectivity index (χ0v) is 15.4. The molecule has 0 aliphatic rings. The second-order valence-corrected chi connectivity index (χ2v) is 6.47. The molecular weight excluding hydrogens is 360 g/mol. The second kappa shape index (κ2) is 9.01. The van der Waals surface area contributed by atoms with Crippen molar-refractivity contribution in [1.82, 2.24) is 5.32 Å². The number of rotatable bonds is 6. The third kappa shape index (κ3) is 5.43. The van der Waals surface area contributed by atoms with Crippen LogP contribution in [0, 0.1) is 0 Å².